The van der Waals surface area contributed by atoms with Crippen LogP contribution in [0.25, 0.3) is 0 Å². The fraction of sp³-hybridized carbons (Fsp3) is 0.833. The number of hydrogen-bond donors (Lipinski definition) is 1. The van der Waals surface area contributed by atoms with E-state index in [-0.39, 0.29) is 30.4 Å². The number of carbonyl (C=O) groups excluding carboxylic acids is 2. The third-order valence-electron chi connectivity index (χ3n) is 3.15. The molecule has 1 fully saturated rings. The highest BCUT2D eigenvalue weighted by Gasteiger charge is 2.35. The van der Waals surface area contributed by atoms with Gasteiger partial charge in [-0.05, 0) is 20.3 Å². The summed E-state index contributed by atoms with van der Waals surface area (Å²) < 4.78 is 0. The standard InChI is InChI=1S/C12H22N2O3/c1-9(2)14(5-4-6-15)12(17)10-7-11(16)13(3)8-10/h9-10,15H,4-8H2,1-3H3. The third kappa shape index (κ3) is 3.43. The van der Waals surface area contributed by atoms with E-state index in [1.54, 1.807) is 16.8 Å². The maximum atomic E-state index is 12.2. The molecule has 0 radical (unpaired) electrons. The minimum Gasteiger partial charge on any atom is -0.396 e. The van der Waals surface area contributed by atoms with Crippen LogP contribution in [0.3, 0.4) is 0 Å². The highest BCUT2D eigenvalue weighted by molar-refractivity contribution is 5.89. The van der Waals surface area contributed by atoms with Gasteiger partial charge in [0, 0.05) is 39.2 Å². The Morgan fingerprint density at radius 1 is 1.59 bits per heavy atom. The summed E-state index contributed by atoms with van der Waals surface area (Å²) in [6.45, 7) is 5.06. The summed E-state index contributed by atoms with van der Waals surface area (Å²) in [5.74, 6) is -0.144. The molecule has 1 rings (SSSR count). The van der Waals surface area contributed by atoms with Crippen LogP contribution in [0.5, 0.6) is 0 Å². The van der Waals surface area contributed by atoms with Crippen molar-refractivity contribution in [2.75, 3.05) is 26.7 Å². The second kappa shape index (κ2) is 6.00. The fourth-order valence-electron chi connectivity index (χ4n) is 2.13. The van der Waals surface area contributed by atoms with Crippen molar-refractivity contribution in [1.82, 2.24) is 9.80 Å². The molecule has 2 amide bonds. The Morgan fingerprint density at radius 3 is 2.65 bits per heavy atom. The molecule has 0 aromatic rings. The van der Waals surface area contributed by atoms with Gasteiger partial charge in [-0.25, -0.2) is 0 Å². The molecule has 0 aliphatic carbocycles. The van der Waals surface area contributed by atoms with Gasteiger partial charge in [0.2, 0.25) is 11.8 Å². The first-order chi connectivity index (χ1) is 7.97. The monoisotopic (exact) mass is 242 g/mol. The molecule has 5 nitrogen and oxygen atoms in total. The number of likely N-dealkylation sites (tertiary alicyclic amines) is 1. The third-order valence-corrected chi connectivity index (χ3v) is 3.15. The second-order valence-electron chi connectivity index (χ2n) is 4.88. The molecule has 0 bridgehead atoms. The Balaban J connectivity index is 2.62. The van der Waals surface area contributed by atoms with E-state index in [2.05, 4.69) is 0 Å². The van der Waals surface area contributed by atoms with E-state index in [0.717, 1.165) is 0 Å². The molecule has 1 aliphatic heterocycles. The van der Waals surface area contributed by atoms with Crippen LogP contribution in [-0.2, 0) is 9.59 Å². The average molecular weight is 242 g/mol. The number of nitrogens with zero attached hydrogens (tertiary/aromatic N) is 2. The predicted molar refractivity (Wildman–Crippen MR) is 64.3 cm³/mol. The van der Waals surface area contributed by atoms with Crippen LogP contribution in [0, 0.1) is 5.92 Å². The highest BCUT2D eigenvalue weighted by atomic mass is 16.3. The molecule has 1 N–H and O–H groups in total. The molecule has 0 spiro atoms. The summed E-state index contributed by atoms with van der Waals surface area (Å²) in [7, 11) is 1.73. The SMILES string of the molecule is CC(C)N(CCCO)C(=O)C1CC(=O)N(C)C1. The van der Waals surface area contributed by atoms with Gasteiger partial charge in [0.05, 0.1) is 5.92 Å². The summed E-state index contributed by atoms with van der Waals surface area (Å²) in [5, 5.41) is 8.83. The lowest BCUT2D eigenvalue weighted by molar-refractivity contribution is -0.137. The molecule has 0 saturated carbocycles. The first-order valence-corrected chi connectivity index (χ1v) is 6.12. The van der Waals surface area contributed by atoms with Gasteiger partial charge in [-0.15, -0.1) is 0 Å². The van der Waals surface area contributed by atoms with Gasteiger partial charge in [0.1, 0.15) is 0 Å². The van der Waals surface area contributed by atoms with E-state index >= 15 is 0 Å². The largest absolute Gasteiger partial charge is 0.396 e. The van der Waals surface area contributed by atoms with Gasteiger partial charge in [-0.3, -0.25) is 9.59 Å². The lowest BCUT2D eigenvalue weighted by Gasteiger charge is -2.29. The van der Waals surface area contributed by atoms with E-state index in [9.17, 15) is 9.59 Å². The van der Waals surface area contributed by atoms with E-state index in [1.165, 1.54) is 0 Å². The van der Waals surface area contributed by atoms with Crippen molar-refractivity contribution in [3.63, 3.8) is 0 Å². The first kappa shape index (κ1) is 14.0. The number of carbonyl (C=O) groups is 2. The normalized spacial score (nSPS) is 20.2. The molecule has 1 atom stereocenters. The van der Waals surface area contributed by atoms with Gasteiger partial charge in [0.25, 0.3) is 0 Å². The van der Waals surface area contributed by atoms with Gasteiger partial charge in [-0.2, -0.15) is 0 Å². The number of aliphatic hydroxyl groups is 1. The topological polar surface area (TPSA) is 60.9 Å². The van der Waals surface area contributed by atoms with Crippen molar-refractivity contribution < 1.29 is 14.7 Å². The van der Waals surface area contributed by atoms with Crippen LogP contribution in [0.1, 0.15) is 26.7 Å². The van der Waals surface area contributed by atoms with Crippen LogP contribution in [0.4, 0.5) is 0 Å². The van der Waals surface area contributed by atoms with E-state index < -0.39 is 0 Å². The average Bonchev–Trinajstić information content (AvgIpc) is 2.59. The summed E-state index contributed by atoms with van der Waals surface area (Å²) in [5.41, 5.74) is 0. The van der Waals surface area contributed by atoms with Crippen LogP contribution >= 0.6 is 0 Å². The van der Waals surface area contributed by atoms with Crippen molar-refractivity contribution >= 4 is 11.8 Å². The van der Waals surface area contributed by atoms with Gasteiger partial charge in [-0.1, -0.05) is 0 Å². The first-order valence-electron chi connectivity index (χ1n) is 6.12. The summed E-state index contributed by atoms with van der Waals surface area (Å²) in [4.78, 5) is 27.0. The van der Waals surface area contributed by atoms with Crippen molar-refractivity contribution in [2.45, 2.75) is 32.7 Å². The predicted octanol–water partition coefficient (Wildman–Crippen LogP) is 0.0841. The van der Waals surface area contributed by atoms with Gasteiger partial charge < -0.3 is 14.9 Å². The number of aliphatic hydroxyl groups excluding tert-OH is 1. The summed E-state index contributed by atoms with van der Waals surface area (Å²) in [6.07, 6.45) is 0.901. The maximum absolute atomic E-state index is 12.2. The molecule has 1 saturated heterocycles. The zero-order valence-electron chi connectivity index (χ0n) is 10.8. The van der Waals surface area contributed by atoms with Crippen molar-refractivity contribution in [1.29, 1.82) is 0 Å². The molecule has 1 unspecified atom stereocenters. The Kier molecular flexibility index (Phi) is 4.93. The Morgan fingerprint density at radius 2 is 2.24 bits per heavy atom. The molecule has 98 valence electrons. The van der Waals surface area contributed by atoms with Crippen LogP contribution in [0.15, 0.2) is 0 Å². The summed E-state index contributed by atoms with van der Waals surface area (Å²) in [6, 6.07) is 0.107. The highest BCUT2D eigenvalue weighted by Crippen LogP contribution is 2.19. The number of amides is 2. The lowest BCUT2D eigenvalue weighted by Crippen LogP contribution is -2.42. The maximum Gasteiger partial charge on any atom is 0.228 e. The Bertz CT molecular complexity index is 291. The van der Waals surface area contributed by atoms with Gasteiger partial charge >= 0.3 is 0 Å². The van der Waals surface area contributed by atoms with Gasteiger partial charge in [0.15, 0.2) is 0 Å². The number of hydrogen-bond acceptors (Lipinski definition) is 3. The quantitative estimate of drug-likeness (QED) is 0.743. The molecular weight excluding hydrogens is 220 g/mol. The van der Waals surface area contributed by atoms with Crippen LogP contribution in [-0.4, -0.2) is 59.5 Å². The minimum atomic E-state index is -0.214. The molecule has 5 heteroatoms. The number of rotatable bonds is 5. The summed E-state index contributed by atoms with van der Waals surface area (Å²) >= 11 is 0. The molecule has 1 aliphatic rings. The molecule has 17 heavy (non-hydrogen) atoms. The van der Waals surface area contributed by atoms with E-state index in [1.807, 2.05) is 13.8 Å². The lowest BCUT2D eigenvalue weighted by atomic mass is 10.1. The fourth-order valence-corrected chi connectivity index (χ4v) is 2.13. The van der Waals surface area contributed by atoms with Crippen molar-refractivity contribution in [2.24, 2.45) is 5.92 Å². The smallest absolute Gasteiger partial charge is 0.228 e. The Labute approximate surface area is 102 Å². The Hall–Kier alpha value is -1.10. The zero-order chi connectivity index (χ0) is 13.0. The van der Waals surface area contributed by atoms with Crippen molar-refractivity contribution in [3.8, 4) is 0 Å². The van der Waals surface area contributed by atoms with Crippen LogP contribution in [0.2, 0.25) is 0 Å². The molecule has 1 heterocycles. The molecule has 0 aromatic carbocycles. The second-order valence-corrected chi connectivity index (χ2v) is 4.88. The zero-order valence-corrected chi connectivity index (χ0v) is 10.8. The minimum absolute atomic E-state index is 0.0335. The van der Waals surface area contributed by atoms with E-state index in [0.29, 0.717) is 25.9 Å². The van der Waals surface area contributed by atoms with Crippen LogP contribution < -0.4 is 0 Å². The van der Waals surface area contributed by atoms with E-state index in [4.69, 9.17) is 5.11 Å². The van der Waals surface area contributed by atoms with Crippen molar-refractivity contribution in [3.05, 3.63) is 0 Å². The molecular formula is C12H22N2O3. The molecule has 0 aromatic heterocycles.